The lowest BCUT2D eigenvalue weighted by Gasteiger charge is -2.07. The van der Waals surface area contributed by atoms with E-state index in [2.05, 4.69) is 48.1 Å². The molecule has 2 heteroatoms. The average molecular weight is 212 g/mol. The number of aromatic nitrogens is 2. The molecule has 0 radical (unpaired) electrons. The lowest BCUT2D eigenvalue weighted by Crippen LogP contribution is -1.92. The molecule has 0 aliphatic heterocycles. The van der Waals surface area contributed by atoms with E-state index >= 15 is 0 Å². The summed E-state index contributed by atoms with van der Waals surface area (Å²) in [5, 5.41) is 0. The van der Waals surface area contributed by atoms with Gasteiger partial charge in [0.25, 0.3) is 0 Å². The Hall–Kier alpha value is -1.70. The van der Waals surface area contributed by atoms with Gasteiger partial charge in [-0.25, -0.2) is 9.97 Å². The molecule has 0 unspecified atom stereocenters. The zero-order valence-electron chi connectivity index (χ0n) is 9.94. The molecule has 2 nitrogen and oxygen atoms in total. The second kappa shape index (κ2) is 4.44. The Kier molecular flexibility index (Phi) is 3.00. The van der Waals surface area contributed by atoms with Crippen molar-refractivity contribution in [2.75, 3.05) is 0 Å². The van der Waals surface area contributed by atoms with E-state index in [4.69, 9.17) is 0 Å². The number of rotatable bonds is 2. The highest BCUT2D eigenvalue weighted by Crippen LogP contribution is 2.21. The van der Waals surface area contributed by atoms with E-state index in [-0.39, 0.29) is 0 Å². The maximum Gasteiger partial charge on any atom is 0.159 e. The Balaban J connectivity index is 2.40. The molecule has 16 heavy (non-hydrogen) atoms. The predicted octanol–water partition coefficient (Wildman–Crippen LogP) is 3.58. The van der Waals surface area contributed by atoms with E-state index in [1.54, 1.807) is 0 Å². The first-order chi connectivity index (χ1) is 7.66. The molecule has 0 aliphatic rings. The Morgan fingerprint density at radius 2 is 1.75 bits per heavy atom. The van der Waals surface area contributed by atoms with Crippen LogP contribution in [0, 0.1) is 6.92 Å². The van der Waals surface area contributed by atoms with E-state index < -0.39 is 0 Å². The number of benzene rings is 1. The molecule has 0 bridgehead atoms. The smallest absolute Gasteiger partial charge is 0.159 e. The van der Waals surface area contributed by atoms with Crippen LogP contribution in [-0.2, 0) is 0 Å². The van der Waals surface area contributed by atoms with Gasteiger partial charge in [-0.1, -0.05) is 32.0 Å². The fourth-order valence-electron chi connectivity index (χ4n) is 1.58. The molecule has 0 N–H and O–H groups in total. The predicted molar refractivity (Wildman–Crippen MR) is 66.3 cm³/mol. The minimum Gasteiger partial charge on any atom is -0.236 e. The van der Waals surface area contributed by atoms with Crippen LogP contribution in [0.15, 0.2) is 36.7 Å². The van der Waals surface area contributed by atoms with Crippen molar-refractivity contribution >= 4 is 0 Å². The van der Waals surface area contributed by atoms with Crippen LogP contribution in [0.4, 0.5) is 0 Å². The molecule has 82 valence electrons. The number of hydrogen-bond acceptors (Lipinski definition) is 2. The Labute approximate surface area is 96.4 Å². The minimum atomic E-state index is 0.533. The van der Waals surface area contributed by atoms with E-state index in [9.17, 15) is 0 Å². The summed E-state index contributed by atoms with van der Waals surface area (Å²) >= 11 is 0. The standard InChI is InChI=1S/C14H16N2/c1-10(2)12-5-4-6-13(7-12)14-15-8-11(3)9-16-14/h4-10H,1-3H3. The van der Waals surface area contributed by atoms with Gasteiger partial charge in [-0.3, -0.25) is 0 Å². The van der Waals surface area contributed by atoms with Crippen LogP contribution in [-0.4, -0.2) is 9.97 Å². The highest BCUT2D eigenvalue weighted by atomic mass is 14.9. The molecule has 0 amide bonds. The summed E-state index contributed by atoms with van der Waals surface area (Å²) in [4.78, 5) is 8.68. The third-order valence-electron chi connectivity index (χ3n) is 2.59. The maximum atomic E-state index is 4.34. The molecule has 0 saturated heterocycles. The summed E-state index contributed by atoms with van der Waals surface area (Å²) in [7, 11) is 0. The van der Waals surface area contributed by atoms with Crippen molar-refractivity contribution in [3.05, 3.63) is 47.8 Å². The highest BCUT2D eigenvalue weighted by Gasteiger charge is 2.03. The normalized spacial score (nSPS) is 10.8. The van der Waals surface area contributed by atoms with Crippen LogP contribution in [0.1, 0.15) is 30.9 Å². The number of hydrogen-bond donors (Lipinski definition) is 0. The second-order valence-corrected chi connectivity index (χ2v) is 4.36. The zero-order chi connectivity index (χ0) is 11.5. The van der Waals surface area contributed by atoms with Crippen molar-refractivity contribution < 1.29 is 0 Å². The fraction of sp³-hybridized carbons (Fsp3) is 0.286. The van der Waals surface area contributed by atoms with Gasteiger partial charge in [-0.15, -0.1) is 0 Å². The summed E-state index contributed by atoms with van der Waals surface area (Å²) in [6.45, 7) is 6.37. The number of nitrogens with zero attached hydrogens (tertiary/aromatic N) is 2. The first-order valence-electron chi connectivity index (χ1n) is 5.56. The largest absolute Gasteiger partial charge is 0.236 e. The summed E-state index contributed by atoms with van der Waals surface area (Å²) in [5.74, 6) is 1.33. The van der Waals surface area contributed by atoms with Crippen molar-refractivity contribution in [2.45, 2.75) is 26.7 Å². The van der Waals surface area contributed by atoms with Crippen LogP contribution in [0.2, 0.25) is 0 Å². The molecule has 0 aliphatic carbocycles. The zero-order valence-corrected chi connectivity index (χ0v) is 9.94. The molecular formula is C14H16N2. The summed E-state index contributed by atoms with van der Waals surface area (Å²) in [6, 6.07) is 8.42. The molecule has 2 aromatic rings. The van der Waals surface area contributed by atoms with Crippen LogP contribution in [0.3, 0.4) is 0 Å². The van der Waals surface area contributed by atoms with Gasteiger partial charge in [-0.05, 0) is 30.0 Å². The first kappa shape index (κ1) is 10.8. The van der Waals surface area contributed by atoms with Gasteiger partial charge in [0, 0.05) is 18.0 Å². The van der Waals surface area contributed by atoms with Gasteiger partial charge >= 0.3 is 0 Å². The third-order valence-corrected chi connectivity index (χ3v) is 2.59. The minimum absolute atomic E-state index is 0.533. The van der Waals surface area contributed by atoms with Crippen molar-refractivity contribution in [3.8, 4) is 11.4 Å². The lowest BCUT2D eigenvalue weighted by atomic mass is 10.0. The quantitative estimate of drug-likeness (QED) is 0.760. The van der Waals surface area contributed by atoms with Crippen LogP contribution < -0.4 is 0 Å². The molecule has 0 saturated carbocycles. The van der Waals surface area contributed by atoms with Crippen molar-refractivity contribution in [1.29, 1.82) is 0 Å². The Bertz CT molecular complexity index is 472. The van der Waals surface area contributed by atoms with Crippen molar-refractivity contribution in [2.24, 2.45) is 0 Å². The summed E-state index contributed by atoms with van der Waals surface area (Å²) in [5.41, 5.74) is 3.50. The molecule has 1 heterocycles. The third kappa shape index (κ3) is 2.27. The van der Waals surface area contributed by atoms with Gasteiger partial charge in [0.15, 0.2) is 5.82 Å². The molecule has 2 rings (SSSR count). The van der Waals surface area contributed by atoms with Crippen LogP contribution in [0.25, 0.3) is 11.4 Å². The van der Waals surface area contributed by atoms with Gasteiger partial charge in [0.1, 0.15) is 0 Å². The average Bonchev–Trinajstić information content (AvgIpc) is 2.30. The van der Waals surface area contributed by atoms with Gasteiger partial charge in [-0.2, -0.15) is 0 Å². The van der Waals surface area contributed by atoms with E-state index in [0.717, 1.165) is 17.0 Å². The van der Waals surface area contributed by atoms with Crippen molar-refractivity contribution in [3.63, 3.8) is 0 Å². The Morgan fingerprint density at radius 3 is 2.38 bits per heavy atom. The van der Waals surface area contributed by atoms with Crippen molar-refractivity contribution in [1.82, 2.24) is 9.97 Å². The highest BCUT2D eigenvalue weighted by molar-refractivity contribution is 5.56. The Morgan fingerprint density at radius 1 is 1.06 bits per heavy atom. The molecule has 0 fully saturated rings. The topological polar surface area (TPSA) is 25.8 Å². The van der Waals surface area contributed by atoms with Gasteiger partial charge in [0.2, 0.25) is 0 Å². The maximum absolute atomic E-state index is 4.34. The van der Waals surface area contributed by atoms with E-state index in [0.29, 0.717) is 5.92 Å². The molecule has 0 spiro atoms. The number of aryl methyl sites for hydroxylation is 1. The van der Waals surface area contributed by atoms with Gasteiger partial charge < -0.3 is 0 Å². The molecule has 0 atom stereocenters. The fourth-order valence-corrected chi connectivity index (χ4v) is 1.58. The SMILES string of the molecule is Cc1cnc(-c2cccc(C(C)C)c2)nc1. The summed E-state index contributed by atoms with van der Waals surface area (Å²) < 4.78 is 0. The molecular weight excluding hydrogens is 196 g/mol. The van der Waals surface area contributed by atoms with Crippen LogP contribution in [0.5, 0.6) is 0 Å². The molecule has 1 aromatic carbocycles. The summed E-state index contributed by atoms with van der Waals surface area (Å²) in [6.07, 6.45) is 3.70. The lowest BCUT2D eigenvalue weighted by molar-refractivity contribution is 0.866. The molecule has 1 aromatic heterocycles. The van der Waals surface area contributed by atoms with Gasteiger partial charge in [0.05, 0.1) is 0 Å². The second-order valence-electron chi connectivity index (χ2n) is 4.36. The first-order valence-corrected chi connectivity index (χ1v) is 5.56. The van der Waals surface area contributed by atoms with E-state index in [1.807, 2.05) is 19.3 Å². The monoisotopic (exact) mass is 212 g/mol. The van der Waals surface area contributed by atoms with Crippen LogP contribution >= 0.6 is 0 Å². The van der Waals surface area contributed by atoms with E-state index in [1.165, 1.54) is 5.56 Å².